The predicted molar refractivity (Wildman–Crippen MR) is 82.1 cm³/mol. The number of rotatable bonds is 6. The molecule has 1 heterocycles. The van der Waals surface area contributed by atoms with E-state index in [1.54, 1.807) is 0 Å². The summed E-state index contributed by atoms with van der Waals surface area (Å²) in [6, 6.07) is 10.1. The minimum atomic E-state index is -0.0129. The van der Waals surface area contributed by atoms with Crippen LogP contribution in [-0.4, -0.2) is 44.1 Å². The molecule has 1 aromatic rings. The van der Waals surface area contributed by atoms with E-state index in [4.69, 9.17) is 15.9 Å². The molecule has 1 unspecified atom stereocenters. The van der Waals surface area contributed by atoms with Crippen molar-refractivity contribution in [1.29, 1.82) is 5.41 Å². The topological polar surface area (TPSA) is 62.3 Å². The smallest absolute Gasteiger partial charge is 0.0995 e. The largest absolute Gasteiger partial charge is 0.387 e. The van der Waals surface area contributed by atoms with Crippen molar-refractivity contribution in [1.82, 2.24) is 4.90 Å². The second-order valence-electron chi connectivity index (χ2n) is 5.70. The molecule has 1 aliphatic rings. The standard InChI is InChI=1S/C16H25N3O/c1-19(11-13-7-9-20-10-8-13)12-15(16(17)18)14-5-3-2-4-6-14/h2-6,13,15H,7-12H2,1H3,(H3,17,18). The van der Waals surface area contributed by atoms with Crippen molar-refractivity contribution >= 4 is 5.84 Å². The van der Waals surface area contributed by atoms with Crippen molar-refractivity contribution in [3.8, 4) is 0 Å². The lowest BCUT2D eigenvalue weighted by Gasteiger charge is -2.29. The Balaban J connectivity index is 1.92. The lowest BCUT2D eigenvalue weighted by molar-refractivity contribution is 0.0556. The van der Waals surface area contributed by atoms with E-state index < -0.39 is 0 Å². The molecule has 0 radical (unpaired) electrons. The quantitative estimate of drug-likeness (QED) is 0.617. The highest BCUT2D eigenvalue weighted by molar-refractivity contribution is 5.84. The second kappa shape index (κ2) is 7.41. The van der Waals surface area contributed by atoms with Gasteiger partial charge in [-0.05, 0) is 31.4 Å². The molecule has 20 heavy (non-hydrogen) atoms. The fraction of sp³-hybridized carbons (Fsp3) is 0.562. The van der Waals surface area contributed by atoms with Crippen LogP contribution in [0, 0.1) is 11.3 Å². The van der Waals surface area contributed by atoms with E-state index in [1.807, 2.05) is 30.3 Å². The number of ether oxygens (including phenoxy) is 1. The van der Waals surface area contributed by atoms with Gasteiger partial charge in [0.05, 0.1) is 11.8 Å². The number of nitrogens with one attached hydrogen (secondary N) is 1. The number of amidine groups is 1. The zero-order chi connectivity index (χ0) is 14.4. The van der Waals surface area contributed by atoms with Crippen LogP contribution in [0.5, 0.6) is 0 Å². The molecule has 0 bridgehead atoms. The summed E-state index contributed by atoms with van der Waals surface area (Å²) in [6.45, 7) is 3.62. The summed E-state index contributed by atoms with van der Waals surface area (Å²) in [6.07, 6.45) is 2.28. The first-order valence-corrected chi connectivity index (χ1v) is 7.32. The molecule has 4 nitrogen and oxygen atoms in total. The van der Waals surface area contributed by atoms with Crippen molar-refractivity contribution in [2.75, 3.05) is 33.4 Å². The number of nitrogens with two attached hydrogens (primary N) is 1. The van der Waals surface area contributed by atoms with Gasteiger partial charge in [-0.2, -0.15) is 0 Å². The van der Waals surface area contributed by atoms with Gasteiger partial charge in [-0.25, -0.2) is 0 Å². The third-order valence-electron chi connectivity index (χ3n) is 3.98. The number of benzene rings is 1. The van der Waals surface area contributed by atoms with Gasteiger partial charge in [0, 0.05) is 26.3 Å². The minimum absolute atomic E-state index is 0.0129. The molecule has 0 spiro atoms. The fourth-order valence-electron chi connectivity index (χ4n) is 2.82. The summed E-state index contributed by atoms with van der Waals surface area (Å²) >= 11 is 0. The molecule has 0 amide bonds. The van der Waals surface area contributed by atoms with E-state index >= 15 is 0 Å². The normalized spacial score (nSPS) is 18.1. The Kier molecular flexibility index (Phi) is 5.56. The summed E-state index contributed by atoms with van der Waals surface area (Å²) in [5, 5.41) is 7.83. The Morgan fingerprint density at radius 1 is 1.35 bits per heavy atom. The van der Waals surface area contributed by atoms with Gasteiger partial charge >= 0.3 is 0 Å². The van der Waals surface area contributed by atoms with E-state index in [0.717, 1.165) is 44.7 Å². The third-order valence-corrected chi connectivity index (χ3v) is 3.98. The highest BCUT2D eigenvalue weighted by Gasteiger charge is 2.20. The molecule has 1 saturated heterocycles. The molecular formula is C16H25N3O. The number of hydrogen-bond acceptors (Lipinski definition) is 3. The second-order valence-corrected chi connectivity index (χ2v) is 5.70. The number of nitrogens with zero attached hydrogens (tertiary/aromatic N) is 1. The maximum Gasteiger partial charge on any atom is 0.0995 e. The van der Waals surface area contributed by atoms with Crippen molar-refractivity contribution in [3.63, 3.8) is 0 Å². The Morgan fingerprint density at radius 3 is 2.60 bits per heavy atom. The Bertz CT molecular complexity index is 415. The first-order chi connectivity index (χ1) is 9.66. The van der Waals surface area contributed by atoms with Crippen molar-refractivity contribution in [2.24, 2.45) is 11.7 Å². The highest BCUT2D eigenvalue weighted by Crippen LogP contribution is 2.19. The maximum atomic E-state index is 7.83. The third kappa shape index (κ3) is 4.32. The van der Waals surface area contributed by atoms with Crippen LogP contribution in [0.15, 0.2) is 30.3 Å². The zero-order valence-electron chi connectivity index (χ0n) is 12.2. The van der Waals surface area contributed by atoms with Crippen LogP contribution in [0.4, 0.5) is 0 Å². The average molecular weight is 275 g/mol. The fourth-order valence-corrected chi connectivity index (χ4v) is 2.82. The van der Waals surface area contributed by atoms with Crippen LogP contribution in [0.3, 0.4) is 0 Å². The van der Waals surface area contributed by atoms with Gasteiger partial charge in [0.25, 0.3) is 0 Å². The Morgan fingerprint density at radius 2 is 2.00 bits per heavy atom. The average Bonchev–Trinajstić information content (AvgIpc) is 2.46. The van der Waals surface area contributed by atoms with Crippen LogP contribution in [0.1, 0.15) is 24.3 Å². The van der Waals surface area contributed by atoms with Gasteiger partial charge in [-0.1, -0.05) is 30.3 Å². The van der Waals surface area contributed by atoms with E-state index in [9.17, 15) is 0 Å². The minimum Gasteiger partial charge on any atom is -0.387 e. The molecule has 4 heteroatoms. The van der Waals surface area contributed by atoms with E-state index in [2.05, 4.69) is 11.9 Å². The SMILES string of the molecule is CN(CC1CCOCC1)CC(C(=N)N)c1ccccc1. The van der Waals surface area contributed by atoms with E-state index in [-0.39, 0.29) is 11.8 Å². The summed E-state index contributed by atoms with van der Waals surface area (Å²) in [7, 11) is 2.12. The molecule has 0 aromatic heterocycles. The lowest BCUT2D eigenvalue weighted by Crippen LogP contribution is -2.36. The van der Waals surface area contributed by atoms with Crippen molar-refractivity contribution < 1.29 is 4.74 Å². The van der Waals surface area contributed by atoms with E-state index in [0.29, 0.717) is 5.92 Å². The van der Waals surface area contributed by atoms with Crippen LogP contribution >= 0.6 is 0 Å². The van der Waals surface area contributed by atoms with E-state index in [1.165, 1.54) is 0 Å². The van der Waals surface area contributed by atoms with Crippen LogP contribution in [-0.2, 0) is 4.74 Å². The molecule has 3 N–H and O–H groups in total. The van der Waals surface area contributed by atoms with Crippen LogP contribution in [0.25, 0.3) is 0 Å². The van der Waals surface area contributed by atoms with Crippen LogP contribution in [0.2, 0.25) is 0 Å². The summed E-state index contributed by atoms with van der Waals surface area (Å²) in [4.78, 5) is 2.30. The molecule has 2 rings (SSSR count). The van der Waals surface area contributed by atoms with Gasteiger partial charge in [-0.15, -0.1) is 0 Å². The zero-order valence-corrected chi connectivity index (χ0v) is 12.2. The Hall–Kier alpha value is -1.39. The first kappa shape index (κ1) is 15.0. The maximum absolute atomic E-state index is 7.83. The van der Waals surface area contributed by atoms with Gasteiger partial charge in [-0.3, -0.25) is 5.41 Å². The van der Waals surface area contributed by atoms with Crippen molar-refractivity contribution in [3.05, 3.63) is 35.9 Å². The van der Waals surface area contributed by atoms with Crippen LogP contribution < -0.4 is 5.73 Å². The molecular weight excluding hydrogens is 250 g/mol. The molecule has 110 valence electrons. The summed E-state index contributed by atoms with van der Waals surface area (Å²) in [5.41, 5.74) is 6.91. The Labute approximate surface area is 121 Å². The highest BCUT2D eigenvalue weighted by atomic mass is 16.5. The lowest BCUT2D eigenvalue weighted by atomic mass is 9.95. The molecule has 0 aliphatic carbocycles. The molecule has 1 aromatic carbocycles. The predicted octanol–water partition coefficient (Wildman–Crippen LogP) is 2.06. The first-order valence-electron chi connectivity index (χ1n) is 7.32. The van der Waals surface area contributed by atoms with Gasteiger partial charge in [0.15, 0.2) is 0 Å². The molecule has 1 fully saturated rings. The number of likely N-dealkylation sites (N-methyl/N-ethyl adjacent to an activating group) is 1. The molecule has 0 saturated carbocycles. The van der Waals surface area contributed by atoms with Gasteiger partial charge in [0.1, 0.15) is 0 Å². The molecule has 1 atom stereocenters. The van der Waals surface area contributed by atoms with Gasteiger partial charge < -0.3 is 15.4 Å². The summed E-state index contributed by atoms with van der Waals surface area (Å²) < 4.78 is 5.40. The molecule has 1 aliphatic heterocycles. The number of hydrogen-bond donors (Lipinski definition) is 2. The summed E-state index contributed by atoms with van der Waals surface area (Å²) in [5.74, 6) is 0.938. The monoisotopic (exact) mass is 275 g/mol. The van der Waals surface area contributed by atoms with Gasteiger partial charge in [0.2, 0.25) is 0 Å². The van der Waals surface area contributed by atoms with Crippen molar-refractivity contribution in [2.45, 2.75) is 18.8 Å².